The summed E-state index contributed by atoms with van der Waals surface area (Å²) in [5.74, 6) is 0. The summed E-state index contributed by atoms with van der Waals surface area (Å²) in [5, 5.41) is 3.56. The third-order valence-corrected chi connectivity index (χ3v) is 2.88. The van der Waals surface area contributed by atoms with Gasteiger partial charge in [-0.1, -0.05) is 34.1 Å². The molecule has 2 nitrogen and oxygen atoms in total. The van der Waals surface area contributed by atoms with Gasteiger partial charge < -0.3 is 5.32 Å². The van der Waals surface area contributed by atoms with Gasteiger partial charge in [0.05, 0.1) is 0 Å². The first kappa shape index (κ1) is 14.9. The molecule has 0 spiro atoms. The number of nitrogens with zero attached hydrogens (tertiary/aromatic N) is 1. The predicted octanol–water partition coefficient (Wildman–Crippen LogP) is 2.88. The summed E-state index contributed by atoms with van der Waals surface area (Å²) >= 11 is 0. The van der Waals surface area contributed by atoms with Gasteiger partial charge in [0.1, 0.15) is 0 Å². The van der Waals surface area contributed by atoms with Crippen molar-refractivity contribution in [3.8, 4) is 0 Å². The molecule has 1 atom stereocenters. The van der Waals surface area contributed by atoms with E-state index in [4.69, 9.17) is 0 Å². The summed E-state index contributed by atoms with van der Waals surface area (Å²) in [4.78, 5) is 2.60. The number of nitrogens with one attached hydrogen (secondary N) is 1. The molecule has 0 amide bonds. The number of hydrogen-bond acceptors (Lipinski definition) is 2. The van der Waals surface area contributed by atoms with Gasteiger partial charge in [0.2, 0.25) is 0 Å². The zero-order chi connectivity index (χ0) is 11.8. The topological polar surface area (TPSA) is 15.3 Å². The fourth-order valence-electron chi connectivity index (χ4n) is 2.14. The molecule has 0 heterocycles. The van der Waals surface area contributed by atoms with Crippen LogP contribution >= 0.6 is 0 Å². The molecule has 1 unspecified atom stereocenters. The Balaban J connectivity index is 4.20. The largest absolute Gasteiger partial charge is 0.313 e. The zero-order valence-electron chi connectivity index (χ0n) is 11.5. The van der Waals surface area contributed by atoms with Crippen LogP contribution < -0.4 is 5.32 Å². The molecule has 1 N–H and O–H groups in total. The highest BCUT2D eigenvalue weighted by atomic mass is 15.2. The van der Waals surface area contributed by atoms with E-state index >= 15 is 0 Å². The van der Waals surface area contributed by atoms with E-state index in [1.165, 1.54) is 12.8 Å². The van der Waals surface area contributed by atoms with Crippen LogP contribution in [0.1, 0.15) is 54.4 Å². The lowest BCUT2D eigenvalue weighted by Gasteiger charge is -2.34. The summed E-state index contributed by atoms with van der Waals surface area (Å²) in [5.41, 5.74) is 0. The Kier molecular flexibility index (Phi) is 8.07. The van der Waals surface area contributed by atoms with E-state index in [1.807, 2.05) is 0 Å². The highest BCUT2D eigenvalue weighted by molar-refractivity contribution is 4.76. The molecule has 0 fully saturated rings. The zero-order valence-corrected chi connectivity index (χ0v) is 11.5. The van der Waals surface area contributed by atoms with Crippen LogP contribution in [0.2, 0.25) is 0 Å². The third-order valence-electron chi connectivity index (χ3n) is 2.88. The molecule has 0 radical (unpaired) electrons. The molecule has 0 aliphatic carbocycles. The minimum atomic E-state index is 0.593. The van der Waals surface area contributed by atoms with Gasteiger partial charge in [0.25, 0.3) is 0 Å². The van der Waals surface area contributed by atoms with E-state index in [0.717, 1.165) is 13.1 Å². The van der Waals surface area contributed by atoms with E-state index in [-0.39, 0.29) is 0 Å². The second-order valence-corrected chi connectivity index (χ2v) is 4.93. The summed E-state index contributed by atoms with van der Waals surface area (Å²) in [7, 11) is 0. The van der Waals surface area contributed by atoms with Crippen molar-refractivity contribution in [2.75, 3.05) is 13.1 Å². The van der Waals surface area contributed by atoms with Gasteiger partial charge in [-0.15, -0.1) is 0 Å². The summed E-state index contributed by atoms with van der Waals surface area (Å²) < 4.78 is 0. The van der Waals surface area contributed by atoms with Crippen molar-refractivity contribution >= 4 is 0 Å². The van der Waals surface area contributed by atoms with Crippen molar-refractivity contribution in [3.05, 3.63) is 0 Å². The van der Waals surface area contributed by atoms with Crippen LogP contribution in [0.25, 0.3) is 0 Å². The van der Waals surface area contributed by atoms with Gasteiger partial charge >= 0.3 is 0 Å². The maximum Gasteiger partial charge on any atom is 0.0223 e. The lowest BCUT2D eigenvalue weighted by atomic mass is 10.1. The lowest BCUT2D eigenvalue weighted by molar-refractivity contribution is 0.148. The Morgan fingerprint density at radius 1 is 1.07 bits per heavy atom. The molecule has 0 saturated carbocycles. The lowest BCUT2D eigenvalue weighted by Crippen LogP contribution is -2.47. The highest BCUT2D eigenvalue weighted by Gasteiger charge is 2.18. The van der Waals surface area contributed by atoms with Crippen LogP contribution in [0, 0.1) is 0 Å². The molecule has 0 bridgehead atoms. The van der Waals surface area contributed by atoms with Crippen molar-refractivity contribution in [2.45, 2.75) is 72.5 Å². The number of likely N-dealkylation sites (N-methyl/N-ethyl adjacent to an activating group) is 1. The van der Waals surface area contributed by atoms with Crippen molar-refractivity contribution in [2.24, 2.45) is 0 Å². The predicted molar refractivity (Wildman–Crippen MR) is 69.4 cm³/mol. The van der Waals surface area contributed by atoms with E-state index < -0.39 is 0 Å². The smallest absolute Gasteiger partial charge is 0.0223 e. The minimum absolute atomic E-state index is 0.593. The maximum atomic E-state index is 3.56. The van der Waals surface area contributed by atoms with Gasteiger partial charge in [0, 0.05) is 24.7 Å². The van der Waals surface area contributed by atoms with Crippen molar-refractivity contribution in [3.63, 3.8) is 0 Å². The SMILES string of the molecule is CCCC(CNC(C)C)N(CC)C(C)C. The molecule has 0 aromatic heterocycles. The van der Waals surface area contributed by atoms with Crippen molar-refractivity contribution in [1.82, 2.24) is 10.2 Å². The molecule has 0 aromatic rings. The van der Waals surface area contributed by atoms with Crippen LogP contribution in [-0.2, 0) is 0 Å². The third kappa shape index (κ3) is 6.16. The van der Waals surface area contributed by atoms with Crippen LogP contribution in [0.4, 0.5) is 0 Å². The quantitative estimate of drug-likeness (QED) is 0.668. The summed E-state index contributed by atoms with van der Waals surface area (Å²) in [6.07, 6.45) is 2.57. The standard InChI is InChI=1S/C13H30N2/c1-7-9-13(10-14-11(3)4)15(8-2)12(5)6/h11-14H,7-10H2,1-6H3. The monoisotopic (exact) mass is 214 g/mol. The Bertz CT molecular complexity index is 143. The Labute approximate surface area is 96.4 Å². The van der Waals surface area contributed by atoms with E-state index in [0.29, 0.717) is 18.1 Å². The molecule has 0 aliphatic rings. The van der Waals surface area contributed by atoms with Gasteiger partial charge in [0.15, 0.2) is 0 Å². The molecule has 0 aromatic carbocycles. The molecule has 15 heavy (non-hydrogen) atoms. The van der Waals surface area contributed by atoms with Gasteiger partial charge in [-0.2, -0.15) is 0 Å². The Morgan fingerprint density at radius 3 is 2.00 bits per heavy atom. The van der Waals surface area contributed by atoms with E-state index in [9.17, 15) is 0 Å². The molecule has 0 aliphatic heterocycles. The molecule has 92 valence electrons. The van der Waals surface area contributed by atoms with Gasteiger partial charge in [-0.25, -0.2) is 0 Å². The van der Waals surface area contributed by atoms with Crippen LogP contribution in [0.3, 0.4) is 0 Å². The minimum Gasteiger partial charge on any atom is -0.313 e. The van der Waals surface area contributed by atoms with Crippen molar-refractivity contribution < 1.29 is 0 Å². The number of hydrogen-bond donors (Lipinski definition) is 1. The van der Waals surface area contributed by atoms with Gasteiger partial charge in [-0.3, -0.25) is 4.90 Å². The fraction of sp³-hybridized carbons (Fsp3) is 1.00. The van der Waals surface area contributed by atoms with Gasteiger partial charge in [-0.05, 0) is 26.8 Å². The Morgan fingerprint density at radius 2 is 1.67 bits per heavy atom. The second kappa shape index (κ2) is 8.12. The first-order valence-corrected chi connectivity index (χ1v) is 6.51. The van der Waals surface area contributed by atoms with E-state index in [2.05, 4.69) is 51.8 Å². The molecule has 2 heteroatoms. The van der Waals surface area contributed by atoms with E-state index in [1.54, 1.807) is 0 Å². The highest BCUT2D eigenvalue weighted by Crippen LogP contribution is 2.10. The summed E-state index contributed by atoms with van der Waals surface area (Å²) in [6, 6.07) is 1.94. The fourth-order valence-corrected chi connectivity index (χ4v) is 2.14. The average molecular weight is 214 g/mol. The molecular weight excluding hydrogens is 184 g/mol. The Hall–Kier alpha value is -0.0800. The number of rotatable bonds is 8. The van der Waals surface area contributed by atoms with Crippen LogP contribution in [-0.4, -0.2) is 36.1 Å². The second-order valence-electron chi connectivity index (χ2n) is 4.93. The normalized spacial score (nSPS) is 14.2. The first-order valence-electron chi connectivity index (χ1n) is 6.51. The first-order chi connectivity index (χ1) is 7.02. The van der Waals surface area contributed by atoms with Crippen LogP contribution in [0.15, 0.2) is 0 Å². The molecule has 0 rings (SSSR count). The van der Waals surface area contributed by atoms with Crippen LogP contribution in [0.5, 0.6) is 0 Å². The molecular formula is C13H30N2. The summed E-state index contributed by atoms with van der Waals surface area (Å²) in [6.45, 7) is 15.8. The average Bonchev–Trinajstić information content (AvgIpc) is 2.14. The molecule has 0 saturated heterocycles. The van der Waals surface area contributed by atoms with Crippen molar-refractivity contribution in [1.29, 1.82) is 0 Å². The maximum absolute atomic E-state index is 3.56.